The van der Waals surface area contributed by atoms with E-state index in [1.807, 2.05) is 4.90 Å². The van der Waals surface area contributed by atoms with E-state index in [1.54, 1.807) is 30.3 Å². The number of hydrogen-bond acceptors (Lipinski definition) is 7. The van der Waals surface area contributed by atoms with Crippen LogP contribution in [0.1, 0.15) is 24.1 Å². The van der Waals surface area contributed by atoms with Gasteiger partial charge in [0.2, 0.25) is 0 Å². The molecule has 2 N–H and O–H groups in total. The molecule has 3 heterocycles. The molecule has 1 aliphatic heterocycles. The van der Waals surface area contributed by atoms with Crippen molar-refractivity contribution >= 4 is 17.2 Å². The van der Waals surface area contributed by atoms with Gasteiger partial charge in [0.15, 0.2) is 11.5 Å². The quantitative estimate of drug-likeness (QED) is 0.629. The number of nitrogens with one attached hydrogen (secondary N) is 1. The molecule has 1 saturated heterocycles. The van der Waals surface area contributed by atoms with Gasteiger partial charge < -0.3 is 15.3 Å². The number of aromatic nitrogens is 3. The van der Waals surface area contributed by atoms with Crippen LogP contribution in [0.3, 0.4) is 0 Å². The fourth-order valence-corrected chi connectivity index (χ4v) is 3.50. The van der Waals surface area contributed by atoms with Crippen LogP contribution in [0.5, 0.6) is 0 Å². The first-order valence-electron chi connectivity index (χ1n) is 9.95. The molecule has 1 fully saturated rings. The van der Waals surface area contributed by atoms with Crippen molar-refractivity contribution in [3.63, 3.8) is 0 Å². The van der Waals surface area contributed by atoms with Gasteiger partial charge in [0.25, 0.3) is 0 Å². The molecule has 1 aliphatic rings. The summed E-state index contributed by atoms with van der Waals surface area (Å²) in [6.45, 7) is 1.24. The van der Waals surface area contributed by atoms with Crippen molar-refractivity contribution in [1.29, 1.82) is 5.26 Å². The van der Waals surface area contributed by atoms with Gasteiger partial charge in [0.1, 0.15) is 17.6 Å². The summed E-state index contributed by atoms with van der Waals surface area (Å²) >= 11 is 0. The third kappa shape index (κ3) is 4.78. The van der Waals surface area contributed by atoms with Crippen LogP contribution in [-0.2, 0) is 6.18 Å². The minimum absolute atomic E-state index is 0.0642. The number of pyridine rings is 1. The van der Waals surface area contributed by atoms with Crippen molar-refractivity contribution in [3.8, 4) is 17.6 Å². The third-order valence-corrected chi connectivity index (χ3v) is 5.11. The molecule has 0 saturated carbocycles. The van der Waals surface area contributed by atoms with Gasteiger partial charge in [-0.05, 0) is 43.2 Å². The van der Waals surface area contributed by atoms with E-state index in [0.29, 0.717) is 37.2 Å². The Bertz CT molecular complexity index is 1140. The maximum Gasteiger partial charge on any atom is 0.433 e. The fraction of sp³-hybridized carbons (Fsp3) is 0.273. The molecule has 0 bridgehead atoms. The van der Waals surface area contributed by atoms with Crippen LogP contribution in [0, 0.1) is 11.3 Å². The van der Waals surface area contributed by atoms with Gasteiger partial charge in [-0.15, -0.1) is 0 Å². The predicted octanol–water partition coefficient (Wildman–Crippen LogP) is 4.13. The number of alkyl halides is 3. The molecular weight excluding hydrogens is 421 g/mol. The molecule has 10 heteroatoms. The number of anilines is 3. The topological polar surface area (TPSA) is 98.0 Å². The highest BCUT2D eigenvalue weighted by molar-refractivity contribution is 5.69. The van der Waals surface area contributed by atoms with Crippen LogP contribution in [0.4, 0.5) is 30.4 Å². The zero-order chi connectivity index (χ0) is 22.7. The van der Waals surface area contributed by atoms with Crippen LogP contribution in [0.2, 0.25) is 0 Å². The molecular formula is C22H19F3N6O. The Morgan fingerprint density at radius 1 is 1.09 bits per heavy atom. The lowest BCUT2D eigenvalue weighted by atomic mass is 10.0. The van der Waals surface area contributed by atoms with E-state index in [1.165, 1.54) is 12.3 Å². The number of benzene rings is 1. The van der Waals surface area contributed by atoms with E-state index in [0.717, 1.165) is 11.8 Å². The van der Waals surface area contributed by atoms with Crippen LogP contribution >= 0.6 is 0 Å². The first kappa shape index (κ1) is 21.5. The van der Waals surface area contributed by atoms with E-state index in [-0.39, 0.29) is 23.4 Å². The molecule has 0 atom stereocenters. The summed E-state index contributed by atoms with van der Waals surface area (Å²) in [5, 5.41) is 22.1. The number of halogens is 3. The first-order chi connectivity index (χ1) is 15.3. The summed E-state index contributed by atoms with van der Waals surface area (Å²) in [5.41, 5.74) is 0.627. The van der Waals surface area contributed by atoms with Crippen molar-refractivity contribution < 1.29 is 18.3 Å². The summed E-state index contributed by atoms with van der Waals surface area (Å²) in [7, 11) is 0. The molecule has 7 nitrogen and oxygen atoms in total. The van der Waals surface area contributed by atoms with E-state index in [9.17, 15) is 23.5 Å². The number of hydrogen-bond donors (Lipinski definition) is 2. The van der Waals surface area contributed by atoms with E-state index in [4.69, 9.17) is 0 Å². The van der Waals surface area contributed by atoms with E-state index in [2.05, 4.69) is 26.3 Å². The Morgan fingerprint density at radius 2 is 1.88 bits per heavy atom. The highest BCUT2D eigenvalue weighted by Crippen LogP contribution is 2.32. The minimum atomic E-state index is -4.66. The van der Waals surface area contributed by atoms with Crippen molar-refractivity contribution in [2.75, 3.05) is 23.3 Å². The van der Waals surface area contributed by atoms with Crippen molar-refractivity contribution in [2.24, 2.45) is 0 Å². The summed E-state index contributed by atoms with van der Waals surface area (Å²) in [4.78, 5) is 13.8. The van der Waals surface area contributed by atoms with Crippen LogP contribution in [0.15, 0.2) is 48.7 Å². The molecule has 0 amide bonds. The third-order valence-electron chi connectivity index (χ3n) is 5.11. The van der Waals surface area contributed by atoms with Crippen LogP contribution in [0.25, 0.3) is 11.5 Å². The average Bonchev–Trinajstić information content (AvgIpc) is 2.79. The summed E-state index contributed by atoms with van der Waals surface area (Å²) in [5.74, 6) is -0.224. The van der Waals surface area contributed by atoms with Gasteiger partial charge in [0.05, 0.1) is 17.4 Å². The van der Waals surface area contributed by atoms with Crippen molar-refractivity contribution in [2.45, 2.75) is 25.1 Å². The monoisotopic (exact) mass is 440 g/mol. The molecule has 0 aliphatic carbocycles. The molecule has 32 heavy (non-hydrogen) atoms. The molecule has 4 rings (SSSR count). The normalized spacial score (nSPS) is 14.8. The lowest BCUT2D eigenvalue weighted by Gasteiger charge is -2.32. The Balaban J connectivity index is 1.65. The van der Waals surface area contributed by atoms with Gasteiger partial charge in [-0.3, -0.25) is 4.98 Å². The summed E-state index contributed by atoms with van der Waals surface area (Å²) in [6.07, 6.45) is -2.33. The Kier molecular flexibility index (Phi) is 5.92. The van der Waals surface area contributed by atoms with Crippen molar-refractivity contribution in [1.82, 2.24) is 15.0 Å². The zero-order valence-corrected chi connectivity index (χ0v) is 16.8. The highest BCUT2D eigenvalue weighted by Gasteiger charge is 2.34. The van der Waals surface area contributed by atoms with Gasteiger partial charge in [0, 0.05) is 31.0 Å². The molecule has 0 radical (unpaired) electrons. The maximum atomic E-state index is 13.4. The largest absolute Gasteiger partial charge is 0.433 e. The predicted molar refractivity (Wildman–Crippen MR) is 112 cm³/mol. The van der Waals surface area contributed by atoms with E-state index >= 15 is 0 Å². The number of rotatable bonds is 4. The number of aliphatic hydroxyl groups is 1. The molecule has 1 aromatic carbocycles. The van der Waals surface area contributed by atoms with Crippen LogP contribution in [-0.4, -0.2) is 39.3 Å². The van der Waals surface area contributed by atoms with Gasteiger partial charge in [-0.25, -0.2) is 9.97 Å². The number of aliphatic hydroxyl groups excluding tert-OH is 1. The lowest BCUT2D eigenvalue weighted by molar-refractivity contribution is -0.141. The molecule has 3 aromatic rings. The number of nitriles is 1. The second-order valence-electron chi connectivity index (χ2n) is 7.36. The Labute approximate surface area is 182 Å². The molecule has 0 spiro atoms. The average molecular weight is 440 g/mol. The lowest BCUT2D eigenvalue weighted by Crippen LogP contribution is -2.36. The van der Waals surface area contributed by atoms with Gasteiger partial charge in [-0.1, -0.05) is 6.07 Å². The van der Waals surface area contributed by atoms with Gasteiger partial charge in [-0.2, -0.15) is 18.4 Å². The SMILES string of the molecule is N#Cc1cc(Nc2cc(C(F)(F)F)nc(-c3ccccn3)n2)ccc1N1CCC(O)CC1. The number of nitrogens with zero attached hydrogens (tertiary/aromatic N) is 5. The minimum Gasteiger partial charge on any atom is -0.393 e. The fourth-order valence-electron chi connectivity index (χ4n) is 3.50. The first-order valence-corrected chi connectivity index (χ1v) is 9.95. The zero-order valence-electron chi connectivity index (χ0n) is 16.8. The summed E-state index contributed by atoms with van der Waals surface area (Å²) < 4.78 is 40.2. The Hall–Kier alpha value is -3.71. The van der Waals surface area contributed by atoms with Gasteiger partial charge >= 0.3 is 6.18 Å². The molecule has 164 valence electrons. The highest BCUT2D eigenvalue weighted by atomic mass is 19.4. The smallest absolute Gasteiger partial charge is 0.393 e. The maximum absolute atomic E-state index is 13.4. The molecule has 0 unspecified atom stereocenters. The summed E-state index contributed by atoms with van der Waals surface area (Å²) in [6, 6.07) is 12.7. The molecule has 2 aromatic heterocycles. The number of piperidine rings is 1. The standard InChI is InChI=1S/C22H19F3N6O/c23-22(24,25)19-12-20(30-21(29-19)17-3-1-2-8-27-17)28-15-4-5-18(14(11-15)13-26)31-9-6-16(32)7-10-31/h1-5,8,11-12,16,32H,6-7,9-10H2,(H,28,29,30). The second kappa shape index (κ2) is 8.80. The Morgan fingerprint density at radius 3 is 2.53 bits per heavy atom. The van der Waals surface area contributed by atoms with Crippen LogP contribution < -0.4 is 10.2 Å². The van der Waals surface area contributed by atoms with E-state index < -0.39 is 11.9 Å². The second-order valence-corrected chi connectivity index (χ2v) is 7.36. The van der Waals surface area contributed by atoms with Crippen molar-refractivity contribution in [3.05, 3.63) is 59.9 Å².